The van der Waals surface area contributed by atoms with Crippen molar-refractivity contribution >= 4 is 29.1 Å². The van der Waals surface area contributed by atoms with E-state index in [-0.39, 0.29) is 36.2 Å². The number of anilines is 2. The van der Waals surface area contributed by atoms with E-state index in [0.29, 0.717) is 25.1 Å². The summed E-state index contributed by atoms with van der Waals surface area (Å²) in [5, 5.41) is 14.9. The summed E-state index contributed by atoms with van der Waals surface area (Å²) >= 11 is 0. The van der Waals surface area contributed by atoms with Gasteiger partial charge < -0.3 is 25.5 Å². The van der Waals surface area contributed by atoms with Crippen molar-refractivity contribution < 1.29 is 19.5 Å². The quantitative estimate of drug-likeness (QED) is 0.304. The fourth-order valence-electron chi connectivity index (χ4n) is 5.78. The van der Waals surface area contributed by atoms with Crippen LogP contribution in [-0.4, -0.2) is 67.1 Å². The van der Waals surface area contributed by atoms with Crippen molar-refractivity contribution in [3.8, 4) is 0 Å². The van der Waals surface area contributed by atoms with Gasteiger partial charge in [-0.15, -0.1) is 0 Å². The van der Waals surface area contributed by atoms with Crippen LogP contribution in [0.25, 0.3) is 0 Å². The number of fused-ring (bicyclic) bond motifs is 1. The van der Waals surface area contributed by atoms with E-state index in [0.717, 1.165) is 31.6 Å². The minimum atomic E-state index is -0.680. The van der Waals surface area contributed by atoms with Crippen molar-refractivity contribution in [2.75, 3.05) is 43.5 Å². The van der Waals surface area contributed by atoms with Crippen molar-refractivity contribution in [1.82, 2.24) is 10.2 Å². The van der Waals surface area contributed by atoms with Crippen LogP contribution in [0.1, 0.15) is 46.5 Å². The van der Waals surface area contributed by atoms with E-state index in [1.165, 1.54) is 0 Å². The number of unbranched alkanes of at least 4 members (excludes halogenated alkanes) is 2. The number of aliphatic hydroxyl groups is 1. The van der Waals surface area contributed by atoms with Crippen LogP contribution in [0.15, 0.2) is 36.4 Å². The van der Waals surface area contributed by atoms with Crippen molar-refractivity contribution in [3.05, 3.63) is 36.4 Å². The lowest BCUT2D eigenvalue weighted by Gasteiger charge is -2.33. The molecular formula is C28H42N4O4. The van der Waals surface area contributed by atoms with Crippen molar-refractivity contribution in [2.24, 2.45) is 23.7 Å². The van der Waals surface area contributed by atoms with Crippen molar-refractivity contribution in [2.45, 2.75) is 52.5 Å². The molecule has 0 bridgehead atoms. The zero-order valence-corrected chi connectivity index (χ0v) is 22.1. The Balaban J connectivity index is 1.88. The monoisotopic (exact) mass is 498 g/mol. The van der Waals surface area contributed by atoms with E-state index in [1.54, 1.807) is 11.9 Å². The normalized spacial score (nSPS) is 25.0. The number of amides is 3. The fraction of sp³-hybridized carbons (Fsp3) is 0.607. The molecule has 1 fully saturated rings. The van der Waals surface area contributed by atoms with Crippen LogP contribution in [0.2, 0.25) is 0 Å². The van der Waals surface area contributed by atoms with Crippen molar-refractivity contribution in [1.29, 1.82) is 0 Å². The molecule has 1 aromatic rings. The van der Waals surface area contributed by atoms with Gasteiger partial charge >= 0.3 is 0 Å². The summed E-state index contributed by atoms with van der Waals surface area (Å²) in [7, 11) is 1.60. The largest absolute Gasteiger partial charge is 0.396 e. The molecule has 8 heteroatoms. The Labute approximate surface area is 215 Å². The maximum atomic E-state index is 13.7. The molecule has 1 aliphatic carbocycles. The van der Waals surface area contributed by atoms with Gasteiger partial charge in [0, 0.05) is 50.6 Å². The number of benzene rings is 1. The lowest BCUT2D eigenvalue weighted by Crippen LogP contribution is -2.45. The molecule has 0 spiro atoms. The third kappa shape index (κ3) is 5.75. The number of carbonyl (C=O) groups excluding carboxylic acids is 3. The van der Waals surface area contributed by atoms with E-state index in [1.807, 2.05) is 43.3 Å². The van der Waals surface area contributed by atoms with Crippen LogP contribution in [0.4, 0.5) is 11.4 Å². The van der Waals surface area contributed by atoms with E-state index in [4.69, 9.17) is 5.11 Å². The topological polar surface area (TPSA) is 102 Å². The summed E-state index contributed by atoms with van der Waals surface area (Å²) in [4.78, 5) is 44.2. The molecule has 1 heterocycles. The molecular weight excluding hydrogens is 456 g/mol. The molecule has 0 aromatic heterocycles. The highest BCUT2D eigenvalue weighted by Gasteiger charge is 2.56. The molecule has 8 nitrogen and oxygen atoms in total. The lowest BCUT2D eigenvalue weighted by molar-refractivity contribution is -0.140. The average Bonchev–Trinajstić information content (AvgIpc) is 3.18. The average molecular weight is 499 g/mol. The SMILES string of the molecule is CC[C@@H]1C=C[C@H]2[C@H](C(=O)N(CCCCCO)[C@@H]2C(=O)Nc2ccc(N(CC)CC)cc2)[C@@H]1C(=O)NC. The highest BCUT2D eigenvalue weighted by Crippen LogP contribution is 2.45. The molecule has 0 saturated carbocycles. The van der Waals surface area contributed by atoms with Gasteiger partial charge in [-0.3, -0.25) is 14.4 Å². The Morgan fingerprint density at radius 3 is 2.28 bits per heavy atom. The number of hydrogen-bond acceptors (Lipinski definition) is 5. The first kappa shape index (κ1) is 27.7. The molecule has 0 unspecified atom stereocenters. The van der Waals surface area contributed by atoms with Gasteiger partial charge in [-0.2, -0.15) is 0 Å². The minimum Gasteiger partial charge on any atom is -0.396 e. The summed E-state index contributed by atoms with van der Waals surface area (Å²) in [5.74, 6) is -1.97. The second kappa shape index (κ2) is 12.9. The molecule has 1 aliphatic heterocycles. The van der Waals surface area contributed by atoms with E-state index in [2.05, 4.69) is 29.4 Å². The van der Waals surface area contributed by atoms with Crippen molar-refractivity contribution in [3.63, 3.8) is 0 Å². The maximum absolute atomic E-state index is 13.7. The van der Waals surface area contributed by atoms with Gasteiger partial charge in [0.25, 0.3) is 0 Å². The molecule has 198 valence electrons. The second-order valence-electron chi connectivity index (χ2n) is 9.67. The molecule has 1 aromatic carbocycles. The van der Waals surface area contributed by atoms with Crippen LogP contribution in [0, 0.1) is 23.7 Å². The van der Waals surface area contributed by atoms with Crippen LogP contribution >= 0.6 is 0 Å². The number of likely N-dealkylation sites (tertiary alicyclic amines) is 1. The maximum Gasteiger partial charge on any atom is 0.247 e. The number of rotatable bonds is 12. The highest BCUT2D eigenvalue weighted by molar-refractivity contribution is 6.02. The predicted molar refractivity (Wildman–Crippen MR) is 143 cm³/mol. The number of hydrogen-bond donors (Lipinski definition) is 3. The molecule has 3 N–H and O–H groups in total. The fourth-order valence-corrected chi connectivity index (χ4v) is 5.78. The molecule has 2 aliphatic rings. The lowest BCUT2D eigenvalue weighted by atomic mass is 9.69. The molecule has 36 heavy (non-hydrogen) atoms. The number of allylic oxidation sites excluding steroid dienone is 1. The van der Waals surface area contributed by atoms with E-state index < -0.39 is 17.9 Å². The van der Waals surface area contributed by atoms with Gasteiger partial charge in [0.2, 0.25) is 17.7 Å². The summed E-state index contributed by atoms with van der Waals surface area (Å²) in [6, 6.07) is 7.09. The van der Waals surface area contributed by atoms with E-state index >= 15 is 0 Å². The molecule has 3 rings (SSSR count). The van der Waals surface area contributed by atoms with Gasteiger partial charge in [-0.05, 0) is 69.7 Å². The summed E-state index contributed by atoms with van der Waals surface area (Å²) in [5.41, 5.74) is 1.77. The van der Waals surface area contributed by atoms with Gasteiger partial charge in [0.1, 0.15) is 6.04 Å². The zero-order valence-electron chi connectivity index (χ0n) is 22.1. The van der Waals surface area contributed by atoms with Crippen LogP contribution in [-0.2, 0) is 14.4 Å². The van der Waals surface area contributed by atoms with Gasteiger partial charge in [0.05, 0.1) is 11.8 Å². The molecule has 1 saturated heterocycles. The highest BCUT2D eigenvalue weighted by atomic mass is 16.3. The van der Waals surface area contributed by atoms with Gasteiger partial charge in [-0.25, -0.2) is 0 Å². The molecule has 5 atom stereocenters. The predicted octanol–water partition coefficient (Wildman–Crippen LogP) is 3.04. The Bertz CT molecular complexity index is 928. The molecule has 0 radical (unpaired) electrons. The molecule has 3 amide bonds. The third-order valence-corrected chi connectivity index (χ3v) is 7.72. The minimum absolute atomic E-state index is 0.0409. The number of aliphatic hydroxyl groups excluding tert-OH is 1. The smallest absolute Gasteiger partial charge is 0.247 e. The van der Waals surface area contributed by atoms with E-state index in [9.17, 15) is 14.4 Å². The first-order chi connectivity index (χ1) is 17.4. The third-order valence-electron chi connectivity index (χ3n) is 7.72. The number of nitrogens with zero attached hydrogens (tertiary/aromatic N) is 2. The first-order valence-corrected chi connectivity index (χ1v) is 13.4. The Morgan fingerprint density at radius 1 is 1.00 bits per heavy atom. The summed E-state index contributed by atoms with van der Waals surface area (Å²) < 4.78 is 0. The van der Waals surface area contributed by atoms with Crippen LogP contribution in [0.3, 0.4) is 0 Å². The zero-order chi connectivity index (χ0) is 26.2. The Kier molecular flexibility index (Phi) is 9.93. The van der Waals surface area contributed by atoms with Crippen LogP contribution < -0.4 is 15.5 Å². The first-order valence-electron chi connectivity index (χ1n) is 13.4. The summed E-state index contributed by atoms with van der Waals surface area (Å²) in [6.07, 6.45) is 6.86. The second-order valence-corrected chi connectivity index (χ2v) is 9.67. The van der Waals surface area contributed by atoms with Crippen LogP contribution in [0.5, 0.6) is 0 Å². The Morgan fingerprint density at radius 2 is 1.69 bits per heavy atom. The standard InChI is InChI=1S/C28H42N4O4/c1-5-19-11-16-22-24(23(19)26(34)29-4)28(36)32(17-9-8-10-18-33)25(22)27(35)30-20-12-14-21(15-13-20)31(6-2)7-3/h11-16,19,22-25,33H,5-10,17-18H2,1-4H3,(H,29,34)(H,30,35)/t19-,22+,23-,24+,25+/m1/s1. The number of nitrogens with one attached hydrogen (secondary N) is 2. The number of carbonyl (C=O) groups is 3. The van der Waals surface area contributed by atoms with Gasteiger partial charge in [-0.1, -0.05) is 19.1 Å². The summed E-state index contributed by atoms with van der Waals surface area (Å²) in [6.45, 7) is 8.56. The Hall–Kier alpha value is -2.87. The van der Waals surface area contributed by atoms with Gasteiger partial charge in [0.15, 0.2) is 0 Å².